The molecule has 186 valence electrons. The van der Waals surface area contributed by atoms with Gasteiger partial charge < -0.3 is 10.2 Å². The van der Waals surface area contributed by atoms with Crippen molar-refractivity contribution >= 4 is 68.9 Å². The number of aliphatic hydroxyl groups is 1. The van der Waals surface area contributed by atoms with E-state index < -0.39 is 17.7 Å². The Morgan fingerprint density at radius 3 is 2.43 bits per heavy atom. The van der Waals surface area contributed by atoms with Crippen LogP contribution < -0.4 is 4.90 Å². The van der Waals surface area contributed by atoms with Gasteiger partial charge >= 0.3 is 5.91 Å². The van der Waals surface area contributed by atoms with E-state index in [2.05, 4.69) is 10.2 Å². The largest absolute Gasteiger partial charge is 0.508 e. The Bertz CT molecular complexity index is 1520. The summed E-state index contributed by atoms with van der Waals surface area (Å²) in [6.07, 6.45) is 0. The van der Waals surface area contributed by atoms with Crippen LogP contribution in [0.15, 0.2) is 82.7 Å². The van der Waals surface area contributed by atoms with Crippen LogP contribution in [0.2, 0.25) is 10.0 Å². The van der Waals surface area contributed by atoms with Crippen molar-refractivity contribution in [2.75, 3.05) is 4.90 Å². The second-order valence-corrected chi connectivity index (χ2v) is 11.0. The van der Waals surface area contributed by atoms with Crippen molar-refractivity contribution in [2.45, 2.75) is 16.1 Å². The monoisotopic (exact) mass is 569 g/mol. The molecule has 2 N–H and O–H groups in total. The molecule has 1 atom stereocenters. The SMILES string of the molecule is O=C1C(=O)N(c2nnc(SCc3ccc(Cl)cc3Cl)s2)C(c2ccc(O)cc2)/C1=C(/O)c1ccccc1. The fraction of sp³-hybridized carbons (Fsp3) is 0.0769. The molecule has 5 rings (SSSR count). The highest BCUT2D eigenvalue weighted by Gasteiger charge is 2.48. The molecule has 3 aromatic carbocycles. The van der Waals surface area contributed by atoms with Crippen LogP contribution in [0, 0.1) is 0 Å². The molecule has 1 aliphatic rings. The number of hydrogen-bond acceptors (Lipinski definition) is 8. The average molecular weight is 570 g/mol. The molecule has 1 amide bonds. The molecule has 1 aliphatic heterocycles. The average Bonchev–Trinajstić information content (AvgIpc) is 3.46. The topological polar surface area (TPSA) is 104 Å². The number of aromatic hydroxyl groups is 1. The van der Waals surface area contributed by atoms with E-state index in [1.165, 1.54) is 28.8 Å². The first kappa shape index (κ1) is 25.3. The fourth-order valence-corrected chi connectivity index (χ4v) is 6.32. The molecule has 0 aliphatic carbocycles. The first-order valence-corrected chi connectivity index (χ1v) is 13.4. The van der Waals surface area contributed by atoms with E-state index in [-0.39, 0.29) is 22.2 Å². The van der Waals surface area contributed by atoms with Crippen LogP contribution in [-0.2, 0) is 15.3 Å². The zero-order valence-electron chi connectivity index (χ0n) is 18.8. The Balaban J connectivity index is 1.52. The lowest BCUT2D eigenvalue weighted by molar-refractivity contribution is -0.132. The highest BCUT2D eigenvalue weighted by molar-refractivity contribution is 8.00. The van der Waals surface area contributed by atoms with E-state index in [4.69, 9.17) is 23.2 Å². The van der Waals surface area contributed by atoms with Crippen LogP contribution in [0.1, 0.15) is 22.7 Å². The number of phenols is 1. The maximum atomic E-state index is 13.3. The summed E-state index contributed by atoms with van der Waals surface area (Å²) < 4.78 is 0.565. The van der Waals surface area contributed by atoms with Crippen molar-refractivity contribution in [1.82, 2.24) is 10.2 Å². The molecule has 0 radical (unpaired) electrons. The van der Waals surface area contributed by atoms with Crippen LogP contribution in [0.3, 0.4) is 0 Å². The van der Waals surface area contributed by atoms with Gasteiger partial charge in [-0.3, -0.25) is 14.5 Å². The molecular weight excluding hydrogens is 553 g/mol. The number of hydrogen-bond donors (Lipinski definition) is 2. The molecule has 1 aromatic heterocycles. The van der Waals surface area contributed by atoms with Crippen molar-refractivity contribution in [2.24, 2.45) is 0 Å². The summed E-state index contributed by atoms with van der Waals surface area (Å²) in [6.45, 7) is 0. The van der Waals surface area contributed by atoms with Crippen molar-refractivity contribution in [3.05, 3.63) is 105 Å². The van der Waals surface area contributed by atoms with Crippen LogP contribution in [0.5, 0.6) is 5.75 Å². The van der Waals surface area contributed by atoms with Gasteiger partial charge in [-0.05, 0) is 35.4 Å². The molecular formula is C26H17Cl2N3O4S2. The molecule has 0 spiro atoms. The lowest BCUT2D eigenvalue weighted by Gasteiger charge is -2.22. The van der Waals surface area contributed by atoms with Gasteiger partial charge in [0, 0.05) is 21.4 Å². The number of aromatic nitrogens is 2. The summed E-state index contributed by atoms with van der Waals surface area (Å²) in [5, 5.41) is 30.5. The van der Waals surface area contributed by atoms with Crippen molar-refractivity contribution < 1.29 is 19.8 Å². The van der Waals surface area contributed by atoms with E-state index in [1.54, 1.807) is 54.6 Å². The maximum Gasteiger partial charge on any atom is 0.301 e. The molecule has 11 heteroatoms. The Hall–Kier alpha value is -3.37. The smallest absolute Gasteiger partial charge is 0.301 e. The lowest BCUT2D eigenvalue weighted by Crippen LogP contribution is -2.29. The number of amides is 1. The molecule has 7 nitrogen and oxygen atoms in total. The molecule has 0 bridgehead atoms. The highest BCUT2D eigenvalue weighted by atomic mass is 35.5. The van der Waals surface area contributed by atoms with Gasteiger partial charge in [0.2, 0.25) is 5.13 Å². The van der Waals surface area contributed by atoms with Crippen LogP contribution >= 0.6 is 46.3 Å². The minimum atomic E-state index is -0.961. The Labute approximate surface area is 230 Å². The summed E-state index contributed by atoms with van der Waals surface area (Å²) >= 11 is 14.8. The molecule has 4 aromatic rings. The predicted molar refractivity (Wildman–Crippen MR) is 145 cm³/mol. The van der Waals surface area contributed by atoms with Crippen LogP contribution in [-0.4, -0.2) is 32.1 Å². The molecule has 37 heavy (non-hydrogen) atoms. The van der Waals surface area contributed by atoms with Crippen LogP contribution in [0.25, 0.3) is 5.76 Å². The standard InChI is InChI=1S/C26H17Cl2N3O4S2/c27-17-9-6-16(19(28)12-17)13-36-26-30-29-25(37-26)31-21(14-7-10-18(32)11-8-14)20(23(34)24(31)35)22(33)15-4-2-1-3-5-15/h1-12,21,32-33H,13H2/b22-20-. The van der Waals surface area contributed by atoms with E-state index in [9.17, 15) is 19.8 Å². The number of benzene rings is 3. The number of nitrogens with zero attached hydrogens (tertiary/aromatic N) is 3. The number of aliphatic hydroxyl groups excluding tert-OH is 1. The normalized spacial score (nSPS) is 16.9. The van der Waals surface area contributed by atoms with Gasteiger partial charge in [-0.1, -0.05) is 94.8 Å². The summed E-state index contributed by atoms with van der Waals surface area (Å²) in [5.74, 6) is -1.44. The van der Waals surface area contributed by atoms with Gasteiger partial charge in [-0.15, -0.1) is 10.2 Å². The second-order valence-electron chi connectivity index (χ2n) is 8.00. The summed E-state index contributed by atoms with van der Waals surface area (Å²) in [7, 11) is 0. The summed E-state index contributed by atoms with van der Waals surface area (Å²) in [5.41, 5.74) is 1.71. The number of thioether (sulfide) groups is 1. The Morgan fingerprint density at radius 2 is 1.73 bits per heavy atom. The molecule has 1 unspecified atom stereocenters. The number of carbonyl (C=O) groups is 2. The zero-order chi connectivity index (χ0) is 26.1. The van der Waals surface area contributed by atoms with E-state index >= 15 is 0 Å². The van der Waals surface area contributed by atoms with Gasteiger partial charge in [-0.25, -0.2) is 0 Å². The van der Waals surface area contributed by atoms with E-state index in [1.807, 2.05) is 6.07 Å². The van der Waals surface area contributed by atoms with Gasteiger partial charge in [0.05, 0.1) is 11.6 Å². The quantitative estimate of drug-likeness (QED) is 0.0901. The molecule has 1 fully saturated rings. The van der Waals surface area contributed by atoms with E-state index in [0.29, 0.717) is 31.3 Å². The van der Waals surface area contributed by atoms with Gasteiger partial charge in [0.15, 0.2) is 4.34 Å². The molecule has 1 saturated heterocycles. The minimum Gasteiger partial charge on any atom is -0.508 e. The number of Topliss-reactive ketones (excluding diaryl/α,β-unsaturated/α-hetero) is 1. The lowest BCUT2D eigenvalue weighted by atomic mass is 9.95. The first-order chi connectivity index (χ1) is 17.8. The number of rotatable bonds is 6. The first-order valence-electron chi connectivity index (χ1n) is 10.9. The van der Waals surface area contributed by atoms with Crippen molar-refractivity contribution in [1.29, 1.82) is 0 Å². The Kier molecular flexibility index (Phi) is 7.21. The zero-order valence-corrected chi connectivity index (χ0v) is 22.0. The molecule has 0 saturated carbocycles. The van der Waals surface area contributed by atoms with Crippen molar-refractivity contribution in [3.63, 3.8) is 0 Å². The third-order valence-electron chi connectivity index (χ3n) is 5.67. The molecule has 2 heterocycles. The minimum absolute atomic E-state index is 0.0271. The summed E-state index contributed by atoms with van der Waals surface area (Å²) in [4.78, 5) is 27.7. The number of halogens is 2. The third-order valence-corrected chi connectivity index (χ3v) is 8.36. The second kappa shape index (κ2) is 10.5. The maximum absolute atomic E-state index is 13.3. The third kappa shape index (κ3) is 5.08. The predicted octanol–water partition coefficient (Wildman–Crippen LogP) is 6.47. The van der Waals surface area contributed by atoms with Crippen molar-refractivity contribution in [3.8, 4) is 5.75 Å². The summed E-state index contributed by atoms with van der Waals surface area (Å²) in [6, 6.07) is 18.9. The van der Waals surface area contributed by atoms with E-state index in [0.717, 1.165) is 16.9 Å². The van der Waals surface area contributed by atoms with Crippen LogP contribution in [0.4, 0.5) is 5.13 Å². The highest BCUT2D eigenvalue weighted by Crippen LogP contribution is 2.44. The van der Waals surface area contributed by atoms with Gasteiger partial charge in [0.1, 0.15) is 11.5 Å². The number of carbonyl (C=O) groups excluding carboxylic acids is 2. The number of anilines is 1. The van der Waals surface area contributed by atoms with Gasteiger partial charge in [0.25, 0.3) is 5.78 Å². The number of phenolic OH excluding ortho intramolecular Hbond substituents is 1. The Morgan fingerprint density at radius 1 is 1.00 bits per heavy atom. The van der Waals surface area contributed by atoms with Gasteiger partial charge in [-0.2, -0.15) is 0 Å². The number of ketones is 1. The fourth-order valence-electron chi connectivity index (χ4n) is 3.89.